The van der Waals surface area contributed by atoms with Gasteiger partial charge in [0.15, 0.2) is 0 Å². The Bertz CT molecular complexity index is 965. The van der Waals surface area contributed by atoms with Gasteiger partial charge in [-0.1, -0.05) is 60.1 Å². The van der Waals surface area contributed by atoms with Gasteiger partial charge in [0.2, 0.25) is 11.8 Å². The Morgan fingerprint density at radius 2 is 1.54 bits per heavy atom. The predicted molar refractivity (Wildman–Crippen MR) is 116 cm³/mol. The van der Waals surface area contributed by atoms with Gasteiger partial charge < -0.3 is 10.6 Å². The fraction of sp³-hybridized carbons (Fsp3) is 0.0909. The van der Waals surface area contributed by atoms with Crippen molar-refractivity contribution >= 4 is 46.6 Å². The van der Waals surface area contributed by atoms with Crippen molar-refractivity contribution in [3.63, 3.8) is 0 Å². The van der Waals surface area contributed by atoms with Crippen molar-refractivity contribution in [1.29, 1.82) is 0 Å². The summed E-state index contributed by atoms with van der Waals surface area (Å²) in [5.74, 6) is -0.356. The minimum Gasteiger partial charge on any atom is -0.325 e. The van der Waals surface area contributed by atoms with Crippen LogP contribution < -0.4 is 10.6 Å². The second-order valence-corrected chi connectivity index (χ2v) is 7.67. The number of halogens is 1. The molecule has 3 aromatic carbocycles. The third-order valence-corrected chi connectivity index (χ3v) is 5.46. The molecule has 0 radical (unpaired) electrons. The first-order chi connectivity index (χ1) is 13.5. The molecular weight excluding hydrogens is 392 g/mol. The SMILES string of the molecule is CC(=O)Nc1ccc(NC(=O)C(Sc2ccccc2)c2ccccc2)cc1Cl. The maximum absolute atomic E-state index is 13.0. The second-order valence-electron chi connectivity index (χ2n) is 6.09. The molecule has 1 atom stereocenters. The molecule has 142 valence electrons. The highest BCUT2D eigenvalue weighted by Crippen LogP contribution is 2.36. The predicted octanol–water partition coefficient (Wildman–Crippen LogP) is 5.77. The molecule has 0 saturated carbocycles. The van der Waals surface area contributed by atoms with E-state index in [1.54, 1.807) is 18.2 Å². The molecule has 3 aromatic rings. The van der Waals surface area contributed by atoms with Crippen molar-refractivity contribution in [3.05, 3.63) is 89.4 Å². The lowest BCUT2D eigenvalue weighted by molar-refractivity contribution is -0.116. The molecule has 6 heteroatoms. The molecule has 1 unspecified atom stereocenters. The van der Waals surface area contributed by atoms with E-state index in [0.29, 0.717) is 16.4 Å². The first kappa shape index (κ1) is 20.0. The van der Waals surface area contributed by atoms with Crippen LogP contribution >= 0.6 is 23.4 Å². The Hall–Kier alpha value is -2.76. The number of nitrogens with one attached hydrogen (secondary N) is 2. The zero-order chi connectivity index (χ0) is 19.9. The van der Waals surface area contributed by atoms with Crippen LogP contribution in [0.3, 0.4) is 0 Å². The number of carbonyl (C=O) groups is 2. The van der Waals surface area contributed by atoms with E-state index in [9.17, 15) is 9.59 Å². The van der Waals surface area contributed by atoms with Crippen molar-refractivity contribution in [2.24, 2.45) is 0 Å². The molecule has 2 amide bonds. The van der Waals surface area contributed by atoms with E-state index in [1.165, 1.54) is 18.7 Å². The molecule has 0 heterocycles. The third kappa shape index (κ3) is 5.38. The Kier molecular flexibility index (Phi) is 6.74. The highest BCUT2D eigenvalue weighted by molar-refractivity contribution is 8.00. The van der Waals surface area contributed by atoms with E-state index in [2.05, 4.69) is 10.6 Å². The van der Waals surface area contributed by atoms with Crippen LogP contribution in [0.4, 0.5) is 11.4 Å². The molecule has 0 spiro atoms. The smallest absolute Gasteiger partial charge is 0.242 e. The number of thioether (sulfide) groups is 1. The van der Waals surface area contributed by atoms with E-state index in [4.69, 9.17) is 11.6 Å². The highest BCUT2D eigenvalue weighted by atomic mass is 35.5. The molecule has 0 aliphatic rings. The maximum Gasteiger partial charge on any atom is 0.242 e. The van der Waals surface area contributed by atoms with Gasteiger partial charge >= 0.3 is 0 Å². The summed E-state index contributed by atoms with van der Waals surface area (Å²) in [6, 6.07) is 24.4. The molecule has 28 heavy (non-hydrogen) atoms. The van der Waals surface area contributed by atoms with Gasteiger partial charge in [0.25, 0.3) is 0 Å². The van der Waals surface area contributed by atoms with Crippen LogP contribution in [0.2, 0.25) is 5.02 Å². The number of hydrogen-bond acceptors (Lipinski definition) is 3. The van der Waals surface area contributed by atoms with Crippen LogP contribution in [0.15, 0.2) is 83.8 Å². The van der Waals surface area contributed by atoms with E-state index in [-0.39, 0.29) is 11.8 Å². The topological polar surface area (TPSA) is 58.2 Å². The summed E-state index contributed by atoms with van der Waals surface area (Å²) in [5, 5.41) is 5.51. The second kappa shape index (κ2) is 9.44. The molecule has 3 rings (SSSR count). The number of anilines is 2. The number of carbonyl (C=O) groups excluding carboxylic acids is 2. The Morgan fingerprint density at radius 1 is 0.893 bits per heavy atom. The summed E-state index contributed by atoms with van der Waals surface area (Å²) in [5.41, 5.74) is 1.99. The van der Waals surface area contributed by atoms with Gasteiger partial charge in [-0.3, -0.25) is 9.59 Å². The van der Waals surface area contributed by atoms with Crippen molar-refractivity contribution in [2.75, 3.05) is 10.6 Å². The summed E-state index contributed by atoms with van der Waals surface area (Å²) in [6.07, 6.45) is 0. The average Bonchev–Trinajstić information content (AvgIpc) is 2.69. The van der Waals surface area contributed by atoms with E-state index < -0.39 is 5.25 Å². The molecular formula is C22H19ClN2O2S. The molecule has 2 N–H and O–H groups in total. The molecule has 0 fully saturated rings. The summed E-state index contributed by atoms with van der Waals surface area (Å²) in [6.45, 7) is 1.41. The minimum absolute atomic E-state index is 0.150. The zero-order valence-corrected chi connectivity index (χ0v) is 16.8. The largest absolute Gasteiger partial charge is 0.325 e. The third-order valence-electron chi connectivity index (χ3n) is 3.88. The van der Waals surface area contributed by atoms with Crippen molar-refractivity contribution in [2.45, 2.75) is 17.1 Å². The highest BCUT2D eigenvalue weighted by Gasteiger charge is 2.22. The number of hydrogen-bond donors (Lipinski definition) is 2. The molecule has 0 saturated heterocycles. The van der Waals surface area contributed by atoms with Crippen molar-refractivity contribution in [3.8, 4) is 0 Å². The standard InChI is InChI=1S/C22H19ClN2O2S/c1-15(26)24-20-13-12-17(14-19(20)23)25-22(27)21(16-8-4-2-5-9-16)28-18-10-6-3-7-11-18/h2-14,21H,1H3,(H,24,26)(H,25,27). The lowest BCUT2D eigenvalue weighted by atomic mass is 10.1. The van der Waals surface area contributed by atoms with E-state index in [1.807, 2.05) is 60.7 Å². The fourth-order valence-electron chi connectivity index (χ4n) is 2.63. The summed E-state index contributed by atoms with van der Waals surface area (Å²) in [7, 11) is 0. The van der Waals surface area contributed by atoms with E-state index in [0.717, 1.165) is 10.5 Å². The lowest BCUT2D eigenvalue weighted by Gasteiger charge is -2.17. The zero-order valence-electron chi connectivity index (χ0n) is 15.2. The average molecular weight is 411 g/mol. The van der Waals surface area contributed by atoms with Crippen molar-refractivity contribution < 1.29 is 9.59 Å². The summed E-state index contributed by atoms with van der Waals surface area (Å²) < 4.78 is 0. The monoisotopic (exact) mass is 410 g/mol. The Labute approximate surface area is 173 Å². The van der Waals surface area contributed by atoms with Gasteiger partial charge in [-0.25, -0.2) is 0 Å². The molecule has 0 aromatic heterocycles. The van der Waals surface area contributed by atoms with Gasteiger partial charge in [0.1, 0.15) is 5.25 Å². The Morgan fingerprint density at radius 3 is 2.14 bits per heavy atom. The van der Waals surface area contributed by atoms with Gasteiger partial charge in [0, 0.05) is 17.5 Å². The van der Waals surface area contributed by atoms with Crippen LogP contribution in [0.25, 0.3) is 0 Å². The first-order valence-electron chi connectivity index (χ1n) is 8.67. The molecule has 0 aliphatic carbocycles. The van der Waals surface area contributed by atoms with Crippen LogP contribution in [0, 0.1) is 0 Å². The lowest BCUT2D eigenvalue weighted by Crippen LogP contribution is -2.19. The van der Waals surface area contributed by atoms with Crippen LogP contribution in [-0.4, -0.2) is 11.8 Å². The van der Waals surface area contributed by atoms with Gasteiger partial charge in [-0.15, -0.1) is 11.8 Å². The van der Waals surface area contributed by atoms with E-state index >= 15 is 0 Å². The quantitative estimate of drug-likeness (QED) is 0.507. The maximum atomic E-state index is 13.0. The van der Waals surface area contributed by atoms with Gasteiger partial charge in [-0.05, 0) is 35.9 Å². The molecule has 4 nitrogen and oxygen atoms in total. The molecule has 0 bridgehead atoms. The van der Waals surface area contributed by atoms with Crippen LogP contribution in [-0.2, 0) is 9.59 Å². The van der Waals surface area contributed by atoms with Crippen molar-refractivity contribution in [1.82, 2.24) is 0 Å². The number of amides is 2. The summed E-state index contributed by atoms with van der Waals surface area (Å²) >= 11 is 7.69. The number of benzene rings is 3. The van der Waals surface area contributed by atoms with Crippen LogP contribution in [0.1, 0.15) is 17.7 Å². The Balaban J connectivity index is 1.81. The summed E-state index contributed by atoms with van der Waals surface area (Å²) in [4.78, 5) is 25.3. The first-order valence-corrected chi connectivity index (χ1v) is 9.93. The number of rotatable bonds is 6. The normalized spacial score (nSPS) is 11.5. The van der Waals surface area contributed by atoms with Gasteiger partial charge in [0.05, 0.1) is 10.7 Å². The van der Waals surface area contributed by atoms with Gasteiger partial charge in [-0.2, -0.15) is 0 Å². The molecule has 0 aliphatic heterocycles. The fourth-order valence-corrected chi connectivity index (χ4v) is 3.90. The minimum atomic E-state index is -0.419. The van der Waals surface area contributed by atoms with Crippen LogP contribution in [0.5, 0.6) is 0 Å².